The van der Waals surface area contributed by atoms with Crippen LogP contribution in [-0.4, -0.2) is 5.78 Å². The fourth-order valence-corrected chi connectivity index (χ4v) is 2.51. The molecule has 0 radical (unpaired) electrons. The van der Waals surface area contributed by atoms with E-state index in [9.17, 15) is 14.4 Å². The van der Waals surface area contributed by atoms with Gasteiger partial charge in [-0.1, -0.05) is 54.6 Å². The van der Waals surface area contributed by atoms with E-state index in [-0.39, 0.29) is 11.1 Å². The average molecular weight is 357 g/mol. The number of rotatable bonds is 6. The van der Waals surface area contributed by atoms with Crippen molar-refractivity contribution in [1.29, 1.82) is 5.26 Å². The average Bonchev–Trinajstić information content (AvgIpc) is 2.72. The van der Waals surface area contributed by atoms with Gasteiger partial charge in [-0.3, -0.25) is 4.79 Å². The molecule has 0 fully saturated rings. The molecular formula is C23H16FNO2. The Bertz CT molecular complexity index is 1000. The molecule has 132 valence electrons. The fraction of sp³-hybridized carbons (Fsp3) is 0.0435. The molecule has 0 N–H and O–H groups in total. The van der Waals surface area contributed by atoms with Gasteiger partial charge in [0.2, 0.25) is 5.78 Å². The lowest BCUT2D eigenvalue weighted by Gasteiger charge is -2.06. The molecule has 0 aliphatic rings. The standard InChI is InChI=1S/C23H16FNO2/c24-22-9-5-4-8-21(22)23(26)19(15-25)14-17-10-12-20(13-11-17)27-16-18-6-2-1-3-7-18/h1-14H,16H2/b19-14+. The molecule has 27 heavy (non-hydrogen) atoms. The monoisotopic (exact) mass is 357 g/mol. The van der Waals surface area contributed by atoms with E-state index in [1.807, 2.05) is 36.4 Å². The summed E-state index contributed by atoms with van der Waals surface area (Å²) in [6.07, 6.45) is 1.44. The fourth-order valence-electron chi connectivity index (χ4n) is 2.51. The highest BCUT2D eigenvalue weighted by Gasteiger charge is 2.15. The van der Waals surface area contributed by atoms with Crippen molar-refractivity contribution in [2.45, 2.75) is 6.61 Å². The maximum atomic E-state index is 13.8. The molecular weight excluding hydrogens is 341 g/mol. The van der Waals surface area contributed by atoms with Crippen LogP contribution in [-0.2, 0) is 6.61 Å². The van der Waals surface area contributed by atoms with Gasteiger partial charge in [0.05, 0.1) is 5.56 Å². The number of halogens is 1. The summed E-state index contributed by atoms with van der Waals surface area (Å²) >= 11 is 0. The summed E-state index contributed by atoms with van der Waals surface area (Å²) in [6.45, 7) is 0.450. The molecule has 0 bridgehead atoms. The number of nitrogens with zero attached hydrogens (tertiary/aromatic N) is 1. The maximum Gasteiger partial charge on any atom is 0.206 e. The number of ether oxygens (including phenoxy) is 1. The molecule has 0 saturated heterocycles. The predicted octanol–water partition coefficient (Wildman–Crippen LogP) is 5.19. The Morgan fingerprint density at radius 3 is 2.30 bits per heavy atom. The van der Waals surface area contributed by atoms with Gasteiger partial charge in [0.25, 0.3) is 0 Å². The SMILES string of the molecule is N#C/C(=C\c1ccc(OCc2ccccc2)cc1)C(=O)c1ccccc1F. The second kappa shape index (κ2) is 8.59. The van der Waals surface area contributed by atoms with Crippen LogP contribution in [0.25, 0.3) is 6.08 Å². The van der Waals surface area contributed by atoms with Crippen LogP contribution in [0.1, 0.15) is 21.5 Å². The molecule has 0 atom stereocenters. The van der Waals surface area contributed by atoms with Crippen molar-refractivity contribution in [3.63, 3.8) is 0 Å². The summed E-state index contributed by atoms with van der Waals surface area (Å²) in [5.41, 5.74) is 1.47. The summed E-state index contributed by atoms with van der Waals surface area (Å²) in [5.74, 6) is -0.608. The first-order valence-electron chi connectivity index (χ1n) is 8.35. The Morgan fingerprint density at radius 1 is 0.963 bits per heavy atom. The second-order valence-corrected chi connectivity index (χ2v) is 5.82. The van der Waals surface area contributed by atoms with Crippen LogP contribution < -0.4 is 4.74 Å². The van der Waals surface area contributed by atoms with E-state index in [2.05, 4.69) is 0 Å². The molecule has 0 spiro atoms. The van der Waals surface area contributed by atoms with Gasteiger partial charge in [-0.05, 0) is 41.5 Å². The van der Waals surface area contributed by atoms with E-state index in [0.717, 1.165) is 5.56 Å². The first-order valence-corrected chi connectivity index (χ1v) is 8.35. The lowest BCUT2D eigenvalue weighted by Crippen LogP contribution is -2.04. The molecule has 3 aromatic carbocycles. The number of ketones is 1. The lowest BCUT2D eigenvalue weighted by atomic mass is 10.0. The molecule has 0 unspecified atom stereocenters. The largest absolute Gasteiger partial charge is 0.489 e. The molecule has 0 saturated carbocycles. The third-order valence-corrected chi connectivity index (χ3v) is 3.92. The number of allylic oxidation sites excluding steroid dienone is 1. The zero-order valence-electron chi connectivity index (χ0n) is 14.4. The van der Waals surface area contributed by atoms with Crippen LogP contribution in [0.5, 0.6) is 5.75 Å². The van der Waals surface area contributed by atoms with Crippen LogP contribution in [0.15, 0.2) is 84.4 Å². The van der Waals surface area contributed by atoms with E-state index >= 15 is 0 Å². The van der Waals surface area contributed by atoms with Crippen molar-refractivity contribution >= 4 is 11.9 Å². The third kappa shape index (κ3) is 4.68. The molecule has 3 rings (SSSR count). The van der Waals surface area contributed by atoms with Gasteiger partial charge in [-0.2, -0.15) is 5.26 Å². The van der Waals surface area contributed by atoms with E-state index in [1.54, 1.807) is 30.3 Å². The van der Waals surface area contributed by atoms with Crippen molar-refractivity contribution in [1.82, 2.24) is 0 Å². The van der Waals surface area contributed by atoms with E-state index < -0.39 is 11.6 Å². The zero-order chi connectivity index (χ0) is 19.1. The molecule has 0 aromatic heterocycles. The van der Waals surface area contributed by atoms with Crippen molar-refractivity contribution < 1.29 is 13.9 Å². The number of Topliss-reactive ketones (excluding diaryl/α,β-unsaturated/α-hetero) is 1. The van der Waals surface area contributed by atoms with E-state index in [4.69, 9.17) is 4.74 Å². The highest BCUT2D eigenvalue weighted by atomic mass is 19.1. The van der Waals surface area contributed by atoms with Gasteiger partial charge in [0.1, 0.15) is 29.8 Å². The normalized spacial score (nSPS) is 10.9. The van der Waals surface area contributed by atoms with Crippen LogP contribution >= 0.6 is 0 Å². The number of carbonyl (C=O) groups excluding carboxylic acids is 1. The Hall–Kier alpha value is -3.71. The van der Waals surface area contributed by atoms with Gasteiger partial charge >= 0.3 is 0 Å². The van der Waals surface area contributed by atoms with Crippen LogP contribution in [0, 0.1) is 17.1 Å². The van der Waals surface area contributed by atoms with E-state index in [1.165, 1.54) is 24.3 Å². The number of hydrogen-bond donors (Lipinski definition) is 0. The Balaban J connectivity index is 1.73. The van der Waals surface area contributed by atoms with Gasteiger partial charge in [-0.25, -0.2) is 4.39 Å². The summed E-state index contributed by atoms with van der Waals surface area (Å²) in [5, 5.41) is 9.29. The second-order valence-electron chi connectivity index (χ2n) is 5.82. The summed E-state index contributed by atoms with van der Waals surface area (Å²) in [7, 11) is 0. The van der Waals surface area contributed by atoms with Crippen molar-refractivity contribution in [2.24, 2.45) is 0 Å². The minimum Gasteiger partial charge on any atom is -0.489 e. The van der Waals surface area contributed by atoms with Gasteiger partial charge in [0.15, 0.2) is 0 Å². The molecule has 3 nitrogen and oxygen atoms in total. The molecule has 0 aliphatic heterocycles. The molecule has 3 aromatic rings. The molecule has 4 heteroatoms. The van der Waals surface area contributed by atoms with Crippen LogP contribution in [0.2, 0.25) is 0 Å². The van der Waals surface area contributed by atoms with Crippen molar-refractivity contribution in [3.05, 3.63) is 107 Å². The van der Waals surface area contributed by atoms with Crippen LogP contribution in [0.3, 0.4) is 0 Å². The number of carbonyl (C=O) groups is 1. The van der Waals surface area contributed by atoms with Gasteiger partial charge in [0, 0.05) is 0 Å². The highest BCUT2D eigenvalue weighted by molar-refractivity contribution is 6.14. The molecule has 0 aliphatic carbocycles. The zero-order valence-corrected chi connectivity index (χ0v) is 14.4. The first-order chi connectivity index (χ1) is 13.2. The summed E-state index contributed by atoms with van der Waals surface area (Å²) in [4.78, 5) is 12.4. The van der Waals surface area contributed by atoms with Gasteiger partial charge < -0.3 is 4.74 Å². The Morgan fingerprint density at radius 2 is 1.63 bits per heavy atom. The minimum absolute atomic E-state index is 0.117. The van der Waals surface area contributed by atoms with Crippen molar-refractivity contribution in [2.75, 3.05) is 0 Å². The predicted molar refractivity (Wildman–Crippen MR) is 102 cm³/mol. The molecule has 0 heterocycles. The quantitative estimate of drug-likeness (QED) is 0.346. The number of benzene rings is 3. The highest BCUT2D eigenvalue weighted by Crippen LogP contribution is 2.18. The minimum atomic E-state index is -0.645. The summed E-state index contributed by atoms with van der Waals surface area (Å²) < 4.78 is 19.5. The van der Waals surface area contributed by atoms with E-state index in [0.29, 0.717) is 17.9 Å². The number of hydrogen-bond acceptors (Lipinski definition) is 3. The van der Waals surface area contributed by atoms with Crippen LogP contribution in [0.4, 0.5) is 4.39 Å². The lowest BCUT2D eigenvalue weighted by molar-refractivity contribution is 0.103. The first kappa shape index (κ1) is 18.1. The smallest absolute Gasteiger partial charge is 0.206 e. The maximum absolute atomic E-state index is 13.8. The Labute approximate surface area is 157 Å². The molecule has 0 amide bonds. The Kier molecular flexibility index (Phi) is 5.76. The number of nitriles is 1. The topological polar surface area (TPSA) is 50.1 Å². The van der Waals surface area contributed by atoms with Crippen molar-refractivity contribution in [3.8, 4) is 11.8 Å². The van der Waals surface area contributed by atoms with Gasteiger partial charge in [-0.15, -0.1) is 0 Å². The third-order valence-electron chi connectivity index (χ3n) is 3.92. The summed E-state index contributed by atoms with van der Waals surface area (Å²) in [6, 6.07) is 24.3.